The van der Waals surface area contributed by atoms with Gasteiger partial charge in [0.05, 0.1) is 7.11 Å². The molecule has 0 aromatic heterocycles. The molecule has 1 unspecified atom stereocenters. The van der Waals surface area contributed by atoms with Crippen molar-refractivity contribution in [1.29, 1.82) is 0 Å². The van der Waals surface area contributed by atoms with E-state index in [2.05, 4.69) is 40.5 Å². The van der Waals surface area contributed by atoms with E-state index in [0.29, 0.717) is 5.92 Å². The minimum Gasteiger partial charge on any atom is -0.497 e. The van der Waals surface area contributed by atoms with Gasteiger partial charge in [0.25, 0.3) is 0 Å². The van der Waals surface area contributed by atoms with Crippen LogP contribution in [0, 0.1) is 17.2 Å². The van der Waals surface area contributed by atoms with Crippen LogP contribution in [-0.4, -0.2) is 55.7 Å². The summed E-state index contributed by atoms with van der Waals surface area (Å²) in [7, 11) is 1.64. The Labute approximate surface area is 238 Å². The van der Waals surface area contributed by atoms with Crippen molar-refractivity contribution in [1.82, 2.24) is 9.80 Å². The van der Waals surface area contributed by atoms with Crippen LogP contribution in [0.1, 0.15) is 43.2 Å². The van der Waals surface area contributed by atoms with Crippen LogP contribution in [0.5, 0.6) is 5.75 Å². The van der Waals surface area contributed by atoms with Gasteiger partial charge >= 0.3 is 6.03 Å². The smallest absolute Gasteiger partial charge is 0.321 e. The molecule has 212 valence electrons. The molecular weight excluding hydrogens is 501 g/mol. The highest BCUT2D eigenvalue weighted by Gasteiger charge is 2.38. The number of carbonyl (C=O) groups is 1. The molecule has 3 aromatic rings. The number of hydrogen-bond acceptors (Lipinski definition) is 3. The zero-order chi connectivity index (χ0) is 27.8. The fourth-order valence-corrected chi connectivity index (χ4v) is 6.51. The zero-order valence-corrected chi connectivity index (χ0v) is 23.7. The largest absolute Gasteiger partial charge is 0.497 e. The van der Waals surface area contributed by atoms with E-state index < -0.39 is 0 Å². The molecule has 0 spiro atoms. The molecule has 2 saturated heterocycles. The van der Waals surface area contributed by atoms with Crippen LogP contribution in [0.25, 0.3) is 0 Å². The van der Waals surface area contributed by atoms with Crippen molar-refractivity contribution >= 4 is 11.7 Å². The van der Waals surface area contributed by atoms with Gasteiger partial charge < -0.3 is 19.9 Å². The minimum absolute atomic E-state index is 0.0352. The van der Waals surface area contributed by atoms with Gasteiger partial charge in [0, 0.05) is 24.8 Å². The number of likely N-dealkylation sites (tertiary alicyclic amines) is 2. The molecule has 2 aliphatic rings. The van der Waals surface area contributed by atoms with Crippen molar-refractivity contribution in [2.24, 2.45) is 11.3 Å². The molecule has 2 heterocycles. The predicted octanol–water partition coefficient (Wildman–Crippen LogP) is 7.04. The summed E-state index contributed by atoms with van der Waals surface area (Å²) >= 11 is 0. The second-order valence-corrected chi connectivity index (χ2v) is 11.7. The third kappa shape index (κ3) is 7.63. The van der Waals surface area contributed by atoms with Gasteiger partial charge in [-0.15, -0.1) is 0 Å². The van der Waals surface area contributed by atoms with Crippen molar-refractivity contribution in [3.05, 3.63) is 95.8 Å². The first-order chi connectivity index (χ1) is 19.5. The highest BCUT2D eigenvalue weighted by Crippen LogP contribution is 2.38. The number of rotatable bonds is 9. The lowest BCUT2D eigenvalue weighted by molar-refractivity contribution is 0.0808. The Hall–Kier alpha value is -3.38. The lowest BCUT2D eigenvalue weighted by atomic mass is 9.72. The van der Waals surface area contributed by atoms with Crippen LogP contribution < -0.4 is 10.1 Å². The van der Waals surface area contributed by atoms with Crippen molar-refractivity contribution in [2.45, 2.75) is 44.9 Å². The molecule has 0 radical (unpaired) electrons. The average molecular weight is 544 g/mol. The SMILES string of the molecule is COc1cccc(NC(=O)N2CCCC(CCN3CCC(Cc4ccc(F)cc4)CC3)(Cc3ccccc3)C2)c1. The summed E-state index contributed by atoms with van der Waals surface area (Å²) < 4.78 is 18.6. The summed E-state index contributed by atoms with van der Waals surface area (Å²) in [6.45, 7) is 4.81. The molecule has 0 bridgehead atoms. The standard InChI is InChI=1S/C34H42FN3O2/c1-40-32-10-5-9-31(24-32)36-33(39)38-19-6-17-34(26-38,25-29-7-3-2-4-8-29)18-22-37-20-15-28(16-21-37)23-27-11-13-30(35)14-12-27/h2-5,7-14,24,28H,6,15-23,25-26H2,1H3,(H,36,39). The number of ether oxygens (including phenoxy) is 1. The van der Waals surface area contributed by atoms with Gasteiger partial charge in [0.15, 0.2) is 0 Å². The van der Waals surface area contributed by atoms with Gasteiger partial charge in [0.2, 0.25) is 0 Å². The highest BCUT2D eigenvalue weighted by molar-refractivity contribution is 5.89. The molecule has 0 saturated carbocycles. The van der Waals surface area contributed by atoms with Crippen LogP contribution in [-0.2, 0) is 12.8 Å². The van der Waals surface area contributed by atoms with Gasteiger partial charge in [-0.05, 0) is 111 Å². The maximum atomic E-state index is 13.4. The maximum absolute atomic E-state index is 13.4. The van der Waals surface area contributed by atoms with Crippen molar-refractivity contribution in [3.8, 4) is 5.75 Å². The molecule has 2 fully saturated rings. The molecule has 6 heteroatoms. The molecule has 2 aliphatic heterocycles. The number of halogens is 1. The Morgan fingerprint density at radius 1 is 0.975 bits per heavy atom. The third-order valence-corrected chi connectivity index (χ3v) is 8.79. The molecule has 3 aromatic carbocycles. The number of carbonyl (C=O) groups excluding carboxylic acids is 1. The van der Waals surface area contributed by atoms with Crippen LogP contribution in [0.3, 0.4) is 0 Å². The topological polar surface area (TPSA) is 44.8 Å². The predicted molar refractivity (Wildman–Crippen MR) is 159 cm³/mol. The normalized spacial score (nSPS) is 20.3. The number of methoxy groups -OCH3 is 1. The summed E-state index contributed by atoms with van der Waals surface area (Å²) in [5, 5.41) is 3.10. The molecule has 2 amide bonds. The first-order valence-electron chi connectivity index (χ1n) is 14.7. The minimum atomic E-state index is -0.165. The van der Waals surface area contributed by atoms with Gasteiger partial charge in [-0.1, -0.05) is 48.5 Å². The van der Waals surface area contributed by atoms with E-state index in [0.717, 1.165) is 76.3 Å². The molecule has 1 N–H and O–H groups in total. The number of nitrogens with one attached hydrogen (secondary N) is 1. The van der Waals surface area contributed by atoms with E-state index in [-0.39, 0.29) is 17.3 Å². The van der Waals surface area contributed by atoms with E-state index in [9.17, 15) is 9.18 Å². The van der Waals surface area contributed by atoms with E-state index in [1.807, 2.05) is 41.3 Å². The van der Waals surface area contributed by atoms with E-state index in [4.69, 9.17) is 4.74 Å². The monoisotopic (exact) mass is 543 g/mol. The van der Waals surface area contributed by atoms with Gasteiger partial charge in [0.1, 0.15) is 11.6 Å². The Bertz CT molecular complexity index is 1230. The number of piperidine rings is 2. The number of anilines is 1. The Morgan fingerprint density at radius 2 is 1.75 bits per heavy atom. The van der Waals surface area contributed by atoms with Crippen LogP contribution in [0.2, 0.25) is 0 Å². The number of amides is 2. The second-order valence-electron chi connectivity index (χ2n) is 11.7. The average Bonchev–Trinajstić information content (AvgIpc) is 2.99. The number of urea groups is 1. The summed E-state index contributed by atoms with van der Waals surface area (Å²) in [6, 6.07) is 25.2. The molecule has 5 nitrogen and oxygen atoms in total. The lowest BCUT2D eigenvalue weighted by Gasteiger charge is -2.44. The van der Waals surface area contributed by atoms with E-state index in [1.54, 1.807) is 19.2 Å². The number of benzene rings is 3. The summed E-state index contributed by atoms with van der Waals surface area (Å²) in [5.41, 5.74) is 3.38. The van der Waals surface area contributed by atoms with Crippen molar-refractivity contribution in [3.63, 3.8) is 0 Å². The van der Waals surface area contributed by atoms with Crippen LogP contribution in [0.4, 0.5) is 14.9 Å². The fraction of sp³-hybridized carbons (Fsp3) is 0.441. The second kappa shape index (κ2) is 13.3. The van der Waals surface area contributed by atoms with E-state index >= 15 is 0 Å². The van der Waals surface area contributed by atoms with Gasteiger partial charge in [-0.25, -0.2) is 9.18 Å². The first-order valence-corrected chi connectivity index (χ1v) is 14.7. The van der Waals surface area contributed by atoms with E-state index in [1.165, 1.54) is 24.0 Å². The number of nitrogens with zero attached hydrogens (tertiary/aromatic N) is 2. The summed E-state index contributed by atoms with van der Waals surface area (Å²) in [6.07, 6.45) is 7.59. The van der Waals surface area contributed by atoms with Gasteiger partial charge in [-0.2, -0.15) is 0 Å². The Morgan fingerprint density at radius 3 is 2.50 bits per heavy atom. The molecule has 5 rings (SSSR count). The molecular formula is C34H42FN3O2. The molecule has 1 atom stereocenters. The zero-order valence-electron chi connectivity index (χ0n) is 23.7. The third-order valence-electron chi connectivity index (χ3n) is 8.79. The lowest BCUT2D eigenvalue weighted by Crippen LogP contribution is -2.50. The van der Waals surface area contributed by atoms with Crippen molar-refractivity contribution < 1.29 is 13.9 Å². The Kier molecular flexibility index (Phi) is 9.38. The molecule has 0 aliphatic carbocycles. The summed E-state index contributed by atoms with van der Waals surface area (Å²) in [4.78, 5) is 18.0. The van der Waals surface area contributed by atoms with Crippen LogP contribution >= 0.6 is 0 Å². The van der Waals surface area contributed by atoms with Crippen LogP contribution in [0.15, 0.2) is 78.9 Å². The summed E-state index contributed by atoms with van der Waals surface area (Å²) in [5.74, 6) is 1.23. The fourth-order valence-electron chi connectivity index (χ4n) is 6.51. The maximum Gasteiger partial charge on any atom is 0.321 e. The molecule has 40 heavy (non-hydrogen) atoms. The number of hydrogen-bond donors (Lipinski definition) is 1. The highest BCUT2D eigenvalue weighted by atomic mass is 19.1. The van der Waals surface area contributed by atoms with Crippen molar-refractivity contribution in [2.75, 3.05) is 45.2 Å². The van der Waals surface area contributed by atoms with Gasteiger partial charge in [-0.3, -0.25) is 0 Å². The Balaban J connectivity index is 1.20. The first kappa shape index (κ1) is 28.2. The quantitative estimate of drug-likeness (QED) is 0.315.